The highest BCUT2D eigenvalue weighted by Gasteiger charge is 2.57. The molecule has 208 valence electrons. The Balaban J connectivity index is 1.45. The standard InChI is InChI=1S/C28H25Cl2N3O5S2/c1-38-16-10-8-15(9-11-16)33-25(35)21-20(17-6-5-7-18(29)22(17)30)24-27(39-23(21)26(33)36)32(28(37)40-24)14-19(34)31-12-3-2-4-13-31/h5-11,20-21,23H,2-4,12-14H2,1H3/t20-,21?,23?/m1/s1. The van der Waals surface area contributed by atoms with Crippen molar-refractivity contribution in [3.63, 3.8) is 0 Å². The molecule has 3 aromatic rings. The normalized spacial score (nSPS) is 22.3. The van der Waals surface area contributed by atoms with E-state index in [0.29, 0.717) is 45.0 Å². The zero-order valence-electron chi connectivity index (χ0n) is 21.5. The molecule has 0 bridgehead atoms. The smallest absolute Gasteiger partial charge is 0.308 e. The van der Waals surface area contributed by atoms with Gasteiger partial charge in [-0.2, -0.15) is 0 Å². The van der Waals surface area contributed by atoms with E-state index in [-0.39, 0.29) is 34.2 Å². The van der Waals surface area contributed by atoms with E-state index in [2.05, 4.69) is 0 Å². The Labute approximate surface area is 248 Å². The number of aromatic nitrogens is 1. The van der Waals surface area contributed by atoms with Crippen molar-refractivity contribution < 1.29 is 19.1 Å². The van der Waals surface area contributed by atoms with E-state index in [1.165, 1.54) is 21.2 Å². The number of anilines is 1. The molecule has 6 rings (SSSR count). The topological polar surface area (TPSA) is 88.9 Å². The summed E-state index contributed by atoms with van der Waals surface area (Å²) in [5.41, 5.74) is 1.00. The van der Waals surface area contributed by atoms with Gasteiger partial charge < -0.3 is 9.64 Å². The van der Waals surface area contributed by atoms with Crippen molar-refractivity contribution in [3.05, 3.63) is 72.6 Å². The Morgan fingerprint density at radius 2 is 1.73 bits per heavy atom. The van der Waals surface area contributed by atoms with E-state index in [1.807, 2.05) is 0 Å². The van der Waals surface area contributed by atoms with Crippen molar-refractivity contribution in [2.45, 2.75) is 42.0 Å². The van der Waals surface area contributed by atoms with Crippen LogP contribution >= 0.6 is 46.3 Å². The molecule has 3 aliphatic heterocycles. The van der Waals surface area contributed by atoms with E-state index in [1.54, 1.807) is 54.5 Å². The number of hydrogen-bond acceptors (Lipinski definition) is 7. The van der Waals surface area contributed by atoms with Crippen LogP contribution < -0.4 is 14.5 Å². The Morgan fingerprint density at radius 1 is 1.00 bits per heavy atom. The minimum absolute atomic E-state index is 0.116. The van der Waals surface area contributed by atoms with Crippen LogP contribution in [0.15, 0.2) is 52.3 Å². The molecule has 0 aliphatic carbocycles. The largest absolute Gasteiger partial charge is 0.497 e. The minimum atomic E-state index is -0.813. The van der Waals surface area contributed by atoms with Crippen LogP contribution in [-0.2, 0) is 20.9 Å². The number of ether oxygens (including phenoxy) is 1. The molecule has 40 heavy (non-hydrogen) atoms. The molecule has 3 aliphatic rings. The van der Waals surface area contributed by atoms with Gasteiger partial charge in [0.05, 0.1) is 33.8 Å². The predicted octanol–water partition coefficient (Wildman–Crippen LogP) is 5.03. The summed E-state index contributed by atoms with van der Waals surface area (Å²) in [6.45, 7) is 1.22. The SMILES string of the molecule is COc1ccc(N2C(=O)C3Sc4c(sc(=O)n4CC(=O)N4CCCCC4)[C@H](c4cccc(Cl)c4Cl)C3C2=O)cc1. The number of nitrogens with zero attached hydrogens (tertiary/aromatic N) is 3. The first-order valence-electron chi connectivity index (χ1n) is 12.9. The number of imide groups is 1. The zero-order chi connectivity index (χ0) is 28.1. The van der Waals surface area contributed by atoms with Crippen molar-refractivity contribution in [3.8, 4) is 5.75 Å². The first kappa shape index (κ1) is 27.4. The van der Waals surface area contributed by atoms with Crippen LogP contribution in [0.2, 0.25) is 10.0 Å². The van der Waals surface area contributed by atoms with Crippen LogP contribution in [0.4, 0.5) is 5.69 Å². The number of rotatable bonds is 5. The minimum Gasteiger partial charge on any atom is -0.497 e. The summed E-state index contributed by atoms with van der Waals surface area (Å²) < 4.78 is 6.68. The number of halogens is 2. The molecule has 0 spiro atoms. The number of thioether (sulfide) groups is 1. The maximum atomic E-state index is 14.0. The van der Waals surface area contributed by atoms with E-state index < -0.39 is 17.1 Å². The lowest BCUT2D eigenvalue weighted by atomic mass is 9.83. The average Bonchev–Trinajstić information content (AvgIpc) is 3.41. The lowest BCUT2D eigenvalue weighted by molar-refractivity contribution is -0.133. The van der Waals surface area contributed by atoms with Gasteiger partial charge in [0.15, 0.2) is 0 Å². The number of likely N-dealkylation sites (tertiary alicyclic amines) is 1. The molecule has 2 saturated heterocycles. The summed E-state index contributed by atoms with van der Waals surface area (Å²) in [7, 11) is 1.54. The molecule has 8 nitrogen and oxygen atoms in total. The van der Waals surface area contributed by atoms with E-state index >= 15 is 0 Å². The second-order valence-electron chi connectivity index (χ2n) is 9.96. The molecule has 12 heteroatoms. The molecule has 2 fully saturated rings. The zero-order valence-corrected chi connectivity index (χ0v) is 24.6. The molecular formula is C28H25Cl2N3O5S2. The second-order valence-corrected chi connectivity index (χ2v) is 12.9. The first-order valence-corrected chi connectivity index (χ1v) is 15.4. The van der Waals surface area contributed by atoms with Crippen LogP contribution in [0.1, 0.15) is 35.6 Å². The van der Waals surface area contributed by atoms with Crippen molar-refractivity contribution in [1.29, 1.82) is 0 Å². The van der Waals surface area contributed by atoms with Crippen LogP contribution in [0.3, 0.4) is 0 Å². The van der Waals surface area contributed by atoms with Gasteiger partial charge in [-0.3, -0.25) is 23.7 Å². The van der Waals surface area contributed by atoms with Gasteiger partial charge in [-0.15, -0.1) is 0 Å². The number of hydrogen-bond donors (Lipinski definition) is 0. The molecule has 0 N–H and O–H groups in total. The quantitative estimate of drug-likeness (QED) is 0.373. The summed E-state index contributed by atoms with van der Waals surface area (Å²) in [5.74, 6) is -1.79. The van der Waals surface area contributed by atoms with Gasteiger partial charge in [0.2, 0.25) is 17.7 Å². The van der Waals surface area contributed by atoms with Gasteiger partial charge in [0, 0.05) is 23.9 Å². The maximum absolute atomic E-state index is 14.0. The highest BCUT2D eigenvalue weighted by molar-refractivity contribution is 8.00. The van der Waals surface area contributed by atoms with Crippen LogP contribution in [0.5, 0.6) is 5.75 Å². The molecule has 2 unspecified atom stereocenters. The molecule has 1 aromatic heterocycles. The lowest BCUT2D eigenvalue weighted by Gasteiger charge is -2.31. The lowest BCUT2D eigenvalue weighted by Crippen LogP contribution is -2.39. The number of amides is 3. The number of carbonyl (C=O) groups is 3. The van der Waals surface area contributed by atoms with Gasteiger partial charge in [0.25, 0.3) is 0 Å². The molecule has 0 saturated carbocycles. The van der Waals surface area contributed by atoms with Gasteiger partial charge in [-0.05, 0) is 55.2 Å². The number of methoxy groups -OCH3 is 1. The Hall–Kier alpha value is -2.79. The highest BCUT2D eigenvalue weighted by atomic mass is 35.5. The fourth-order valence-corrected chi connectivity index (χ4v) is 8.90. The number of fused-ring (bicyclic) bond motifs is 2. The fraction of sp³-hybridized carbons (Fsp3) is 0.357. The molecule has 4 heterocycles. The van der Waals surface area contributed by atoms with Crippen LogP contribution in [-0.4, -0.2) is 52.6 Å². The van der Waals surface area contributed by atoms with Gasteiger partial charge >= 0.3 is 4.87 Å². The van der Waals surface area contributed by atoms with E-state index in [4.69, 9.17) is 27.9 Å². The first-order chi connectivity index (χ1) is 19.3. The van der Waals surface area contributed by atoms with Gasteiger partial charge in [-0.1, -0.05) is 58.4 Å². The number of benzene rings is 2. The third-order valence-electron chi connectivity index (χ3n) is 7.70. The molecule has 3 amide bonds. The molecule has 3 atom stereocenters. The monoisotopic (exact) mass is 617 g/mol. The van der Waals surface area contributed by atoms with Crippen molar-refractivity contribution >= 4 is 69.7 Å². The van der Waals surface area contributed by atoms with E-state index in [0.717, 1.165) is 30.6 Å². The molecule has 0 radical (unpaired) electrons. The summed E-state index contributed by atoms with van der Waals surface area (Å²) in [6.07, 6.45) is 2.96. The number of carbonyl (C=O) groups excluding carboxylic acids is 3. The Morgan fingerprint density at radius 3 is 2.42 bits per heavy atom. The van der Waals surface area contributed by atoms with Crippen LogP contribution in [0.25, 0.3) is 0 Å². The fourth-order valence-electron chi connectivity index (χ4n) is 5.72. The molecular weight excluding hydrogens is 593 g/mol. The van der Waals surface area contributed by atoms with Crippen molar-refractivity contribution in [2.75, 3.05) is 25.1 Å². The Bertz CT molecular complexity index is 1560. The predicted molar refractivity (Wildman–Crippen MR) is 156 cm³/mol. The Kier molecular flexibility index (Phi) is 7.45. The van der Waals surface area contributed by atoms with Gasteiger partial charge in [-0.25, -0.2) is 4.90 Å². The number of piperidine rings is 1. The summed E-state index contributed by atoms with van der Waals surface area (Å²) in [5, 5.41) is 0.296. The maximum Gasteiger partial charge on any atom is 0.308 e. The number of thiazole rings is 1. The molecule has 2 aromatic carbocycles. The highest BCUT2D eigenvalue weighted by Crippen LogP contribution is 2.55. The van der Waals surface area contributed by atoms with Crippen LogP contribution in [0, 0.1) is 5.92 Å². The summed E-state index contributed by atoms with van der Waals surface area (Å²) >= 11 is 15.2. The van der Waals surface area contributed by atoms with Crippen molar-refractivity contribution in [1.82, 2.24) is 9.47 Å². The summed E-state index contributed by atoms with van der Waals surface area (Å²) in [4.78, 5) is 57.7. The average molecular weight is 619 g/mol. The third kappa shape index (κ3) is 4.55. The third-order valence-corrected chi connectivity index (χ3v) is 11.1. The summed E-state index contributed by atoms with van der Waals surface area (Å²) in [6, 6.07) is 11.9. The van der Waals surface area contributed by atoms with Crippen molar-refractivity contribution in [2.24, 2.45) is 5.92 Å². The second kappa shape index (κ2) is 10.9. The van der Waals surface area contributed by atoms with Gasteiger partial charge in [0.1, 0.15) is 17.5 Å². The van der Waals surface area contributed by atoms with E-state index in [9.17, 15) is 19.2 Å².